The van der Waals surface area contributed by atoms with E-state index in [0.29, 0.717) is 6.54 Å². The van der Waals surface area contributed by atoms with Crippen LogP contribution in [-0.2, 0) is 5.41 Å². The Morgan fingerprint density at radius 1 is 1.24 bits per heavy atom. The van der Waals surface area contributed by atoms with Crippen molar-refractivity contribution in [2.45, 2.75) is 51.0 Å². The second-order valence-corrected chi connectivity index (χ2v) is 8.10. The van der Waals surface area contributed by atoms with Crippen molar-refractivity contribution in [2.24, 2.45) is 0 Å². The van der Waals surface area contributed by atoms with Crippen molar-refractivity contribution < 1.29 is 9.90 Å². The SMILES string of the molecule is Cc1ccccc1NC(=O)NCC1(c2ccc([C@@H](C)O)s2)CCCC1. The van der Waals surface area contributed by atoms with E-state index in [0.717, 1.165) is 29.0 Å². The number of aliphatic hydroxyl groups excluding tert-OH is 1. The highest BCUT2D eigenvalue weighted by Gasteiger charge is 2.37. The minimum absolute atomic E-state index is 0.000872. The first kappa shape index (κ1) is 18.0. The van der Waals surface area contributed by atoms with Gasteiger partial charge in [0.1, 0.15) is 0 Å². The van der Waals surface area contributed by atoms with Crippen LogP contribution in [0.5, 0.6) is 0 Å². The molecule has 0 saturated heterocycles. The van der Waals surface area contributed by atoms with Crippen LogP contribution in [0.4, 0.5) is 10.5 Å². The van der Waals surface area contributed by atoms with Gasteiger partial charge in [0.15, 0.2) is 0 Å². The van der Waals surface area contributed by atoms with Crippen LogP contribution in [0.1, 0.15) is 54.0 Å². The van der Waals surface area contributed by atoms with E-state index in [1.54, 1.807) is 18.3 Å². The summed E-state index contributed by atoms with van der Waals surface area (Å²) < 4.78 is 0. The Bertz CT molecular complexity index is 733. The Balaban J connectivity index is 1.67. The van der Waals surface area contributed by atoms with Gasteiger partial charge in [-0.25, -0.2) is 4.79 Å². The third-order valence-electron chi connectivity index (χ3n) is 5.10. The minimum atomic E-state index is -0.436. The molecule has 1 saturated carbocycles. The van der Waals surface area contributed by atoms with Gasteiger partial charge in [0.25, 0.3) is 0 Å². The summed E-state index contributed by atoms with van der Waals surface area (Å²) in [5.74, 6) is 0. The first-order valence-electron chi connectivity index (χ1n) is 8.89. The zero-order chi connectivity index (χ0) is 17.9. The molecule has 0 radical (unpaired) electrons. The summed E-state index contributed by atoms with van der Waals surface area (Å²) >= 11 is 1.67. The minimum Gasteiger partial charge on any atom is -0.388 e. The number of benzene rings is 1. The molecule has 1 atom stereocenters. The van der Waals surface area contributed by atoms with Gasteiger partial charge in [-0.1, -0.05) is 31.0 Å². The molecule has 3 rings (SSSR count). The summed E-state index contributed by atoms with van der Waals surface area (Å²) in [5.41, 5.74) is 1.89. The maximum atomic E-state index is 12.3. The number of urea groups is 1. The number of para-hydroxylation sites is 1. The summed E-state index contributed by atoms with van der Waals surface area (Å²) in [6.45, 7) is 4.41. The van der Waals surface area contributed by atoms with Crippen LogP contribution < -0.4 is 10.6 Å². The van der Waals surface area contributed by atoms with Crippen LogP contribution in [-0.4, -0.2) is 17.7 Å². The lowest BCUT2D eigenvalue weighted by Crippen LogP contribution is -2.40. The fourth-order valence-electron chi connectivity index (χ4n) is 3.55. The van der Waals surface area contributed by atoms with Crippen LogP contribution in [0.15, 0.2) is 36.4 Å². The highest BCUT2D eigenvalue weighted by atomic mass is 32.1. The molecule has 25 heavy (non-hydrogen) atoms. The number of hydrogen-bond donors (Lipinski definition) is 3. The third kappa shape index (κ3) is 4.05. The van der Waals surface area contributed by atoms with Gasteiger partial charge in [0, 0.05) is 27.4 Å². The van der Waals surface area contributed by atoms with Gasteiger partial charge in [-0.2, -0.15) is 0 Å². The van der Waals surface area contributed by atoms with Gasteiger partial charge in [-0.3, -0.25) is 0 Å². The molecule has 0 spiro atoms. The van der Waals surface area contributed by atoms with Crippen molar-refractivity contribution in [1.82, 2.24) is 5.32 Å². The Hall–Kier alpha value is -1.85. The number of aryl methyl sites for hydroxylation is 1. The van der Waals surface area contributed by atoms with Gasteiger partial charge >= 0.3 is 6.03 Å². The summed E-state index contributed by atoms with van der Waals surface area (Å²) in [6, 6.07) is 11.8. The van der Waals surface area contributed by atoms with Gasteiger partial charge in [0.2, 0.25) is 0 Å². The predicted octanol–water partition coefficient (Wildman–Crippen LogP) is 4.74. The van der Waals surface area contributed by atoms with Crippen molar-refractivity contribution in [3.63, 3.8) is 0 Å². The Labute approximate surface area is 153 Å². The quantitative estimate of drug-likeness (QED) is 0.723. The molecule has 1 aliphatic rings. The molecule has 3 N–H and O–H groups in total. The largest absolute Gasteiger partial charge is 0.388 e. The van der Waals surface area contributed by atoms with E-state index in [4.69, 9.17) is 0 Å². The van der Waals surface area contributed by atoms with Crippen molar-refractivity contribution in [3.05, 3.63) is 51.7 Å². The first-order valence-corrected chi connectivity index (χ1v) is 9.71. The average molecular weight is 359 g/mol. The van der Waals surface area contributed by atoms with Crippen LogP contribution in [0.25, 0.3) is 0 Å². The zero-order valence-corrected chi connectivity index (χ0v) is 15.7. The van der Waals surface area contributed by atoms with Crippen LogP contribution >= 0.6 is 11.3 Å². The monoisotopic (exact) mass is 358 g/mol. The molecule has 2 aromatic rings. The summed E-state index contributed by atoms with van der Waals surface area (Å²) in [7, 11) is 0. The van der Waals surface area contributed by atoms with Gasteiger partial charge in [-0.05, 0) is 50.5 Å². The fraction of sp³-hybridized carbons (Fsp3) is 0.450. The molecule has 2 amide bonds. The molecule has 5 heteroatoms. The molecule has 1 aromatic heterocycles. The molecule has 4 nitrogen and oxygen atoms in total. The lowest BCUT2D eigenvalue weighted by Gasteiger charge is -2.28. The summed E-state index contributed by atoms with van der Waals surface area (Å²) in [4.78, 5) is 14.6. The van der Waals surface area contributed by atoms with Crippen LogP contribution in [0, 0.1) is 6.92 Å². The van der Waals surface area contributed by atoms with Crippen molar-refractivity contribution in [1.29, 1.82) is 0 Å². The molecule has 1 fully saturated rings. The number of carbonyl (C=O) groups excluding carboxylic acids is 1. The Kier molecular flexibility index (Phi) is 5.45. The summed E-state index contributed by atoms with van der Waals surface area (Å²) in [5, 5.41) is 15.8. The molecule has 0 aliphatic heterocycles. The topological polar surface area (TPSA) is 61.4 Å². The van der Waals surface area contributed by atoms with Crippen LogP contribution in [0.2, 0.25) is 0 Å². The number of nitrogens with one attached hydrogen (secondary N) is 2. The average Bonchev–Trinajstić information content (AvgIpc) is 3.25. The maximum absolute atomic E-state index is 12.3. The van der Waals surface area contributed by atoms with Crippen molar-refractivity contribution >= 4 is 23.1 Å². The first-order chi connectivity index (χ1) is 12.0. The predicted molar refractivity (Wildman–Crippen MR) is 103 cm³/mol. The summed E-state index contributed by atoms with van der Waals surface area (Å²) in [6.07, 6.45) is 4.09. The fourth-order valence-corrected chi connectivity index (χ4v) is 4.74. The second-order valence-electron chi connectivity index (χ2n) is 6.99. The van der Waals surface area contributed by atoms with Crippen molar-refractivity contribution in [2.75, 3.05) is 11.9 Å². The van der Waals surface area contributed by atoms with E-state index in [1.165, 1.54) is 17.7 Å². The molecular formula is C20H26N2O2S. The number of carbonyl (C=O) groups is 1. The smallest absolute Gasteiger partial charge is 0.319 e. The number of amides is 2. The van der Waals surface area contributed by atoms with E-state index < -0.39 is 6.10 Å². The molecule has 0 unspecified atom stereocenters. The second kappa shape index (κ2) is 7.58. The maximum Gasteiger partial charge on any atom is 0.319 e. The Morgan fingerprint density at radius 3 is 2.60 bits per heavy atom. The highest BCUT2D eigenvalue weighted by Crippen LogP contribution is 2.44. The number of aliphatic hydroxyl groups is 1. The van der Waals surface area contributed by atoms with E-state index in [-0.39, 0.29) is 11.4 Å². The van der Waals surface area contributed by atoms with E-state index in [2.05, 4.69) is 16.7 Å². The van der Waals surface area contributed by atoms with Gasteiger partial charge < -0.3 is 15.7 Å². The standard InChI is InChI=1S/C20H26N2O2S/c1-14-7-3-4-8-16(14)22-19(24)21-13-20(11-5-6-12-20)18-10-9-17(25-18)15(2)23/h3-4,7-10,15,23H,5-6,11-13H2,1-2H3,(H2,21,22,24)/t15-/m1/s1. The highest BCUT2D eigenvalue weighted by molar-refractivity contribution is 7.12. The molecule has 1 aliphatic carbocycles. The normalized spacial score (nSPS) is 17.2. The lowest BCUT2D eigenvalue weighted by atomic mass is 9.84. The molecule has 1 aromatic carbocycles. The number of anilines is 1. The molecule has 0 bridgehead atoms. The van der Waals surface area contributed by atoms with E-state index >= 15 is 0 Å². The third-order valence-corrected chi connectivity index (χ3v) is 6.60. The van der Waals surface area contributed by atoms with Gasteiger partial charge in [-0.15, -0.1) is 11.3 Å². The van der Waals surface area contributed by atoms with Crippen LogP contribution in [0.3, 0.4) is 0 Å². The number of rotatable bonds is 5. The number of hydrogen-bond acceptors (Lipinski definition) is 3. The van der Waals surface area contributed by atoms with E-state index in [9.17, 15) is 9.90 Å². The molecule has 1 heterocycles. The zero-order valence-electron chi connectivity index (χ0n) is 14.8. The van der Waals surface area contributed by atoms with E-state index in [1.807, 2.05) is 37.3 Å². The lowest BCUT2D eigenvalue weighted by molar-refractivity contribution is 0.203. The molecular weight excluding hydrogens is 332 g/mol. The Morgan fingerprint density at radius 2 is 1.96 bits per heavy atom. The number of thiophene rings is 1. The van der Waals surface area contributed by atoms with Crippen molar-refractivity contribution in [3.8, 4) is 0 Å². The molecule has 134 valence electrons. The van der Waals surface area contributed by atoms with Gasteiger partial charge in [0.05, 0.1) is 6.10 Å².